The average molecular weight is 451 g/mol. The molecule has 2 atom stereocenters. The number of nitrogens with one attached hydrogen (secondary N) is 2. The molecule has 0 bridgehead atoms. The standard InChI is InChI=1S/C25H30N4O4/c1-25(19-9-5-3-6-10-19)23(31)29(24(32)26-25)27-22(30)17-28-16-8-4-7-11-21(28)18-12-14-20(33-2)15-13-18/h3,5-6,9-10,12-15,21H,4,7-8,11,16-17H2,1-2H3,(H,26,32)(H,27,30). The Morgan fingerprint density at radius 2 is 1.82 bits per heavy atom. The lowest BCUT2D eigenvalue weighted by atomic mass is 9.92. The van der Waals surface area contributed by atoms with Gasteiger partial charge in [0, 0.05) is 6.04 Å². The van der Waals surface area contributed by atoms with Crippen molar-refractivity contribution in [3.8, 4) is 5.75 Å². The first-order valence-corrected chi connectivity index (χ1v) is 11.3. The van der Waals surface area contributed by atoms with Crippen LogP contribution in [0.25, 0.3) is 0 Å². The third-order valence-corrected chi connectivity index (χ3v) is 6.49. The van der Waals surface area contributed by atoms with Crippen LogP contribution in [0.5, 0.6) is 5.75 Å². The Hall–Kier alpha value is -3.39. The fraction of sp³-hybridized carbons (Fsp3) is 0.400. The van der Waals surface area contributed by atoms with Crippen LogP contribution in [0.15, 0.2) is 54.6 Å². The van der Waals surface area contributed by atoms with E-state index in [1.54, 1.807) is 38.3 Å². The second-order valence-corrected chi connectivity index (χ2v) is 8.71. The molecule has 2 N–H and O–H groups in total. The van der Waals surface area contributed by atoms with Crippen molar-refractivity contribution in [1.82, 2.24) is 20.7 Å². The SMILES string of the molecule is COc1ccc(C2CCCCCN2CC(=O)NN2C(=O)NC(C)(c3ccccc3)C2=O)cc1. The predicted molar refractivity (Wildman–Crippen MR) is 123 cm³/mol. The van der Waals surface area contributed by atoms with Gasteiger partial charge in [-0.05, 0) is 49.6 Å². The number of urea groups is 1. The maximum absolute atomic E-state index is 13.1. The summed E-state index contributed by atoms with van der Waals surface area (Å²) < 4.78 is 5.26. The largest absolute Gasteiger partial charge is 0.497 e. The quantitative estimate of drug-likeness (QED) is 0.660. The van der Waals surface area contributed by atoms with E-state index in [4.69, 9.17) is 4.74 Å². The second kappa shape index (κ2) is 9.62. The zero-order chi connectivity index (χ0) is 23.4. The van der Waals surface area contributed by atoms with E-state index in [-0.39, 0.29) is 12.6 Å². The molecule has 0 aliphatic carbocycles. The zero-order valence-electron chi connectivity index (χ0n) is 19.0. The van der Waals surface area contributed by atoms with Gasteiger partial charge >= 0.3 is 6.03 Å². The lowest BCUT2D eigenvalue weighted by molar-refractivity contribution is -0.139. The van der Waals surface area contributed by atoms with Gasteiger partial charge in [-0.1, -0.05) is 55.3 Å². The van der Waals surface area contributed by atoms with E-state index < -0.39 is 23.4 Å². The third-order valence-electron chi connectivity index (χ3n) is 6.49. The fourth-order valence-electron chi connectivity index (χ4n) is 4.61. The van der Waals surface area contributed by atoms with Gasteiger partial charge in [-0.25, -0.2) is 4.79 Å². The highest BCUT2D eigenvalue weighted by Gasteiger charge is 2.50. The number of carbonyl (C=O) groups excluding carboxylic acids is 3. The molecule has 2 aliphatic heterocycles. The topological polar surface area (TPSA) is 91.0 Å². The molecule has 0 radical (unpaired) electrons. The Kier molecular flexibility index (Phi) is 6.65. The molecule has 2 fully saturated rings. The summed E-state index contributed by atoms with van der Waals surface area (Å²) in [5.74, 6) is -0.109. The highest BCUT2D eigenvalue weighted by atomic mass is 16.5. The first-order valence-electron chi connectivity index (χ1n) is 11.3. The first kappa shape index (κ1) is 22.8. The summed E-state index contributed by atoms with van der Waals surface area (Å²) >= 11 is 0. The molecule has 0 saturated carbocycles. The number of hydrogen-bond acceptors (Lipinski definition) is 5. The molecule has 2 aromatic carbocycles. The smallest absolute Gasteiger partial charge is 0.344 e. The Labute approximate surface area is 193 Å². The summed E-state index contributed by atoms with van der Waals surface area (Å²) in [6.45, 7) is 2.50. The number of rotatable bonds is 6. The van der Waals surface area contributed by atoms with Crippen molar-refractivity contribution in [2.75, 3.05) is 20.2 Å². The summed E-state index contributed by atoms with van der Waals surface area (Å²) in [5.41, 5.74) is 3.09. The monoisotopic (exact) mass is 450 g/mol. The van der Waals surface area contributed by atoms with Crippen molar-refractivity contribution in [1.29, 1.82) is 0 Å². The second-order valence-electron chi connectivity index (χ2n) is 8.71. The number of carbonyl (C=O) groups is 3. The van der Waals surface area contributed by atoms with Crippen LogP contribution >= 0.6 is 0 Å². The van der Waals surface area contributed by atoms with Crippen LogP contribution in [0.4, 0.5) is 4.79 Å². The van der Waals surface area contributed by atoms with Crippen LogP contribution in [-0.4, -0.2) is 48.0 Å². The van der Waals surface area contributed by atoms with Crippen LogP contribution in [-0.2, 0) is 15.1 Å². The van der Waals surface area contributed by atoms with E-state index in [9.17, 15) is 14.4 Å². The summed E-state index contributed by atoms with van der Waals surface area (Å²) in [4.78, 5) is 40.7. The maximum atomic E-state index is 13.1. The van der Waals surface area contributed by atoms with Gasteiger partial charge in [-0.15, -0.1) is 0 Å². The Morgan fingerprint density at radius 3 is 2.52 bits per heavy atom. The molecule has 2 heterocycles. The lowest BCUT2D eigenvalue weighted by Crippen LogP contribution is -2.51. The van der Waals surface area contributed by atoms with Crippen molar-refractivity contribution in [3.05, 3.63) is 65.7 Å². The van der Waals surface area contributed by atoms with Crippen molar-refractivity contribution < 1.29 is 19.1 Å². The van der Waals surface area contributed by atoms with Gasteiger partial charge in [0.05, 0.1) is 13.7 Å². The molecule has 2 aromatic rings. The first-order chi connectivity index (χ1) is 15.9. The third kappa shape index (κ3) is 4.71. The van der Waals surface area contributed by atoms with Crippen LogP contribution < -0.4 is 15.5 Å². The highest BCUT2D eigenvalue weighted by molar-refractivity contribution is 6.08. The Morgan fingerprint density at radius 1 is 1.09 bits per heavy atom. The van der Waals surface area contributed by atoms with E-state index in [0.717, 1.165) is 48.5 Å². The number of methoxy groups -OCH3 is 1. The minimum Gasteiger partial charge on any atom is -0.497 e. The predicted octanol–water partition coefficient (Wildman–Crippen LogP) is 3.11. The van der Waals surface area contributed by atoms with E-state index >= 15 is 0 Å². The molecule has 33 heavy (non-hydrogen) atoms. The van der Waals surface area contributed by atoms with E-state index in [0.29, 0.717) is 5.56 Å². The normalized spacial score (nSPS) is 23.7. The van der Waals surface area contributed by atoms with Crippen molar-refractivity contribution in [3.63, 3.8) is 0 Å². The molecular formula is C25H30N4O4. The molecule has 2 unspecified atom stereocenters. The Balaban J connectivity index is 1.46. The van der Waals surface area contributed by atoms with E-state index in [1.165, 1.54) is 0 Å². The van der Waals surface area contributed by atoms with Gasteiger partial charge in [0.1, 0.15) is 11.3 Å². The molecule has 8 nitrogen and oxygen atoms in total. The molecule has 0 aromatic heterocycles. The minimum atomic E-state index is -1.22. The summed E-state index contributed by atoms with van der Waals surface area (Å²) in [5, 5.41) is 3.51. The average Bonchev–Trinajstić information content (AvgIpc) is 2.98. The van der Waals surface area contributed by atoms with E-state index in [2.05, 4.69) is 15.6 Å². The van der Waals surface area contributed by atoms with Crippen molar-refractivity contribution >= 4 is 17.8 Å². The maximum Gasteiger partial charge on any atom is 0.344 e. The molecule has 2 aliphatic rings. The van der Waals surface area contributed by atoms with Gasteiger partial charge in [0.2, 0.25) is 0 Å². The van der Waals surface area contributed by atoms with Gasteiger partial charge in [-0.3, -0.25) is 19.9 Å². The number of amides is 4. The van der Waals surface area contributed by atoms with Crippen LogP contribution in [0, 0.1) is 0 Å². The van der Waals surface area contributed by atoms with Crippen LogP contribution in [0.3, 0.4) is 0 Å². The molecule has 0 spiro atoms. The lowest BCUT2D eigenvalue weighted by Gasteiger charge is -2.30. The number of hydrazine groups is 1. The number of imide groups is 1. The number of nitrogens with zero attached hydrogens (tertiary/aromatic N) is 2. The number of hydrogen-bond donors (Lipinski definition) is 2. The molecule has 8 heteroatoms. The summed E-state index contributed by atoms with van der Waals surface area (Å²) in [6, 6.07) is 16.4. The van der Waals surface area contributed by atoms with Gasteiger partial charge in [0.15, 0.2) is 0 Å². The van der Waals surface area contributed by atoms with Gasteiger partial charge in [0.25, 0.3) is 11.8 Å². The minimum absolute atomic E-state index is 0.0850. The van der Waals surface area contributed by atoms with E-state index in [1.807, 2.05) is 30.3 Å². The number of likely N-dealkylation sites (tertiary alicyclic amines) is 1. The van der Waals surface area contributed by atoms with Crippen molar-refractivity contribution in [2.45, 2.75) is 44.2 Å². The van der Waals surface area contributed by atoms with Crippen LogP contribution in [0.1, 0.15) is 49.8 Å². The number of benzene rings is 2. The summed E-state index contributed by atoms with van der Waals surface area (Å²) in [7, 11) is 1.63. The number of ether oxygens (including phenoxy) is 1. The molecule has 2 saturated heterocycles. The molecule has 174 valence electrons. The molecule has 4 amide bonds. The fourth-order valence-corrected chi connectivity index (χ4v) is 4.61. The Bertz CT molecular complexity index is 1010. The van der Waals surface area contributed by atoms with Crippen LogP contribution in [0.2, 0.25) is 0 Å². The summed E-state index contributed by atoms with van der Waals surface area (Å²) in [6.07, 6.45) is 4.12. The molecular weight excluding hydrogens is 420 g/mol. The highest BCUT2D eigenvalue weighted by Crippen LogP contribution is 2.31. The van der Waals surface area contributed by atoms with Gasteiger partial charge < -0.3 is 10.1 Å². The zero-order valence-corrected chi connectivity index (χ0v) is 19.0. The molecule has 4 rings (SSSR count). The van der Waals surface area contributed by atoms with Gasteiger partial charge in [-0.2, -0.15) is 5.01 Å². The van der Waals surface area contributed by atoms with Crippen molar-refractivity contribution in [2.24, 2.45) is 0 Å².